The van der Waals surface area contributed by atoms with E-state index >= 15 is 0 Å². The fourth-order valence-electron chi connectivity index (χ4n) is 3.30. The Balaban J connectivity index is 1.51. The van der Waals surface area contributed by atoms with Gasteiger partial charge in [-0.1, -0.05) is 42.5 Å². The van der Waals surface area contributed by atoms with E-state index in [1.165, 1.54) is 6.07 Å². The van der Waals surface area contributed by atoms with Gasteiger partial charge in [0.2, 0.25) is 5.91 Å². The van der Waals surface area contributed by atoms with Crippen LogP contribution >= 0.6 is 0 Å². The second kappa shape index (κ2) is 9.62. The number of carbonyl (C=O) groups is 1. The minimum Gasteiger partial charge on any atom is -0.379 e. The molecule has 144 valence electrons. The maximum Gasteiger partial charge on any atom is 0.227 e. The first-order chi connectivity index (χ1) is 13.1. The minimum atomic E-state index is -0.382. The molecule has 4 nitrogen and oxygen atoms in total. The smallest absolute Gasteiger partial charge is 0.227 e. The molecule has 27 heavy (non-hydrogen) atoms. The summed E-state index contributed by atoms with van der Waals surface area (Å²) < 4.78 is 19.9. The number of nitrogens with one attached hydrogen (secondary N) is 1. The van der Waals surface area contributed by atoms with Gasteiger partial charge in [-0.25, -0.2) is 4.39 Å². The highest BCUT2D eigenvalue weighted by molar-refractivity contribution is 5.83. The summed E-state index contributed by atoms with van der Waals surface area (Å²) in [4.78, 5) is 14.7. The number of carbonyl (C=O) groups excluding carboxylic acids is 1. The van der Waals surface area contributed by atoms with E-state index in [1.54, 1.807) is 6.07 Å². The van der Waals surface area contributed by atoms with Crippen LogP contribution in [0.1, 0.15) is 24.8 Å². The highest BCUT2D eigenvalue weighted by Crippen LogP contribution is 2.26. The van der Waals surface area contributed by atoms with E-state index < -0.39 is 0 Å². The Morgan fingerprint density at radius 2 is 1.93 bits per heavy atom. The van der Waals surface area contributed by atoms with Crippen LogP contribution in [-0.4, -0.2) is 50.2 Å². The molecule has 1 N–H and O–H groups in total. The Labute approximate surface area is 160 Å². The normalized spacial score (nSPS) is 16.1. The van der Waals surface area contributed by atoms with Crippen molar-refractivity contribution >= 4 is 5.91 Å². The zero-order chi connectivity index (χ0) is 19.1. The van der Waals surface area contributed by atoms with E-state index in [2.05, 4.69) is 10.2 Å². The molecule has 5 heteroatoms. The molecule has 1 amide bonds. The fraction of sp³-hybridized carbons (Fsp3) is 0.409. The van der Waals surface area contributed by atoms with E-state index in [1.807, 2.05) is 43.3 Å². The Hall–Kier alpha value is -2.24. The van der Waals surface area contributed by atoms with Gasteiger partial charge >= 0.3 is 0 Å². The van der Waals surface area contributed by atoms with Gasteiger partial charge in [0.05, 0.1) is 19.1 Å². The summed E-state index contributed by atoms with van der Waals surface area (Å²) in [6.45, 7) is 6.88. The van der Waals surface area contributed by atoms with E-state index in [0.717, 1.165) is 44.8 Å². The topological polar surface area (TPSA) is 41.6 Å². The van der Waals surface area contributed by atoms with Crippen LogP contribution in [-0.2, 0) is 9.53 Å². The number of halogens is 1. The quantitative estimate of drug-likeness (QED) is 0.759. The Morgan fingerprint density at radius 1 is 1.19 bits per heavy atom. The molecule has 1 fully saturated rings. The number of benzene rings is 2. The summed E-state index contributed by atoms with van der Waals surface area (Å²) in [5.74, 6) is -0.748. The molecular weight excluding hydrogens is 343 g/mol. The molecule has 0 aromatic heterocycles. The zero-order valence-electron chi connectivity index (χ0n) is 15.8. The third kappa shape index (κ3) is 5.37. The van der Waals surface area contributed by atoms with Gasteiger partial charge in [-0.3, -0.25) is 9.69 Å². The number of hydrogen-bond acceptors (Lipinski definition) is 3. The molecule has 0 radical (unpaired) electrons. The first-order valence-corrected chi connectivity index (χ1v) is 9.58. The first kappa shape index (κ1) is 19.5. The van der Waals surface area contributed by atoms with Gasteiger partial charge in [0.15, 0.2) is 0 Å². The van der Waals surface area contributed by atoms with Crippen LogP contribution in [0.15, 0.2) is 48.5 Å². The molecule has 1 aliphatic rings. The van der Waals surface area contributed by atoms with Crippen molar-refractivity contribution in [2.75, 3.05) is 39.4 Å². The van der Waals surface area contributed by atoms with Crippen LogP contribution in [0, 0.1) is 5.82 Å². The minimum absolute atomic E-state index is 0.0659. The molecule has 3 rings (SSSR count). The highest BCUT2D eigenvalue weighted by atomic mass is 19.1. The van der Waals surface area contributed by atoms with Crippen molar-refractivity contribution in [2.24, 2.45) is 0 Å². The molecule has 0 saturated carbocycles. The van der Waals surface area contributed by atoms with Gasteiger partial charge in [0.1, 0.15) is 5.82 Å². The van der Waals surface area contributed by atoms with Gasteiger partial charge < -0.3 is 10.1 Å². The van der Waals surface area contributed by atoms with Crippen molar-refractivity contribution in [3.05, 3.63) is 59.9 Å². The lowest BCUT2D eigenvalue weighted by molar-refractivity contribution is -0.122. The summed E-state index contributed by atoms with van der Waals surface area (Å²) in [7, 11) is 0. The lowest BCUT2D eigenvalue weighted by Gasteiger charge is -2.26. The largest absolute Gasteiger partial charge is 0.379 e. The van der Waals surface area contributed by atoms with E-state index in [4.69, 9.17) is 4.74 Å². The Morgan fingerprint density at radius 3 is 2.63 bits per heavy atom. The van der Waals surface area contributed by atoms with Gasteiger partial charge in [-0.05, 0) is 37.1 Å². The van der Waals surface area contributed by atoms with Crippen LogP contribution in [0.3, 0.4) is 0 Å². The lowest BCUT2D eigenvalue weighted by Crippen LogP contribution is -2.38. The van der Waals surface area contributed by atoms with E-state index in [0.29, 0.717) is 17.7 Å². The van der Waals surface area contributed by atoms with Crippen molar-refractivity contribution in [1.82, 2.24) is 10.2 Å². The summed E-state index contributed by atoms with van der Waals surface area (Å²) in [6, 6.07) is 14.5. The second-order valence-corrected chi connectivity index (χ2v) is 6.93. The standard InChI is InChI=1S/C22H27FN2O2/c1-17(22(26)24-10-5-11-25-12-14-27-15-13-25)19-8-9-20(21(23)16-19)18-6-3-2-4-7-18/h2-4,6-9,16-17H,5,10-15H2,1H3,(H,24,26). The molecule has 1 heterocycles. The Bertz CT molecular complexity index is 745. The third-order valence-corrected chi connectivity index (χ3v) is 5.03. The predicted octanol–water partition coefficient (Wildman–Crippen LogP) is 3.43. The SMILES string of the molecule is CC(C(=O)NCCCN1CCOCC1)c1ccc(-c2ccccc2)c(F)c1. The summed E-state index contributed by atoms with van der Waals surface area (Å²) >= 11 is 0. The fourth-order valence-corrected chi connectivity index (χ4v) is 3.30. The van der Waals surface area contributed by atoms with Gasteiger partial charge in [0.25, 0.3) is 0 Å². The molecular formula is C22H27FN2O2. The van der Waals surface area contributed by atoms with Crippen LogP contribution in [0.4, 0.5) is 4.39 Å². The summed E-state index contributed by atoms with van der Waals surface area (Å²) in [6.07, 6.45) is 0.903. The maximum absolute atomic E-state index is 14.5. The van der Waals surface area contributed by atoms with Crippen molar-refractivity contribution in [3.8, 4) is 11.1 Å². The van der Waals surface area contributed by atoms with Crippen molar-refractivity contribution in [2.45, 2.75) is 19.3 Å². The van der Waals surface area contributed by atoms with Gasteiger partial charge in [-0.2, -0.15) is 0 Å². The highest BCUT2D eigenvalue weighted by Gasteiger charge is 2.17. The third-order valence-electron chi connectivity index (χ3n) is 5.03. The number of morpholine rings is 1. The Kier molecular flexibility index (Phi) is 6.96. The summed E-state index contributed by atoms with van der Waals surface area (Å²) in [5, 5.41) is 2.97. The first-order valence-electron chi connectivity index (χ1n) is 9.58. The average molecular weight is 370 g/mol. The van der Waals surface area contributed by atoms with Crippen molar-refractivity contribution in [3.63, 3.8) is 0 Å². The average Bonchev–Trinajstić information content (AvgIpc) is 2.72. The molecule has 1 saturated heterocycles. The molecule has 1 unspecified atom stereocenters. The molecule has 1 atom stereocenters. The summed E-state index contributed by atoms with van der Waals surface area (Å²) in [5.41, 5.74) is 2.08. The second-order valence-electron chi connectivity index (χ2n) is 6.93. The zero-order valence-corrected chi connectivity index (χ0v) is 15.8. The number of amides is 1. The molecule has 2 aromatic carbocycles. The molecule has 0 spiro atoms. The van der Waals surface area contributed by atoms with Crippen LogP contribution in [0.25, 0.3) is 11.1 Å². The number of rotatable bonds is 7. The van der Waals surface area contributed by atoms with Crippen LogP contribution in [0.5, 0.6) is 0 Å². The number of nitrogens with zero attached hydrogens (tertiary/aromatic N) is 1. The van der Waals surface area contributed by atoms with Gasteiger partial charge in [-0.15, -0.1) is 0 Å². The van der Waals surface area contributed by atoms with E-state index in [-0.39, 0.29) is 17.6 Å². The van der Waals surface area contributed by atoms with Crippen molar-refractivity contribution < 1.29 is 13.9 Å². The molecule has 1 aliphatic heterocycles. The predicted molar refractivity (Wildman–Crippen MR) is 105 cm³/mol. The number of hydrogen-bond donors (Lipinski definition) is 1. The monoisotopic (exact) mass is 370 g/mol. The van der Waals surface area contributed by atoms with Crippen LogP contribution < -0.4 is 5.32 Å². The van der Waals surface area contributed by atoms with Crippen molar-refractivity contribution in [1.29, 1.82) is 0 Å². The molecule has 0 aliphatic carbocycles. The molecule has 2 aromatic rings. The molecule has 0 bridgehead atoms. The maximum atomic E-state index is 14.5. The van der Waals surface area contributed by atoms with Gasteiger partial charge in [0, 0.05) is 25.2 Å². The number of ether oxygens (including phenoxy) is 1. The lowest BCUT2D eigenvalue weighted by atomic mass is 9.96. The van der Waals surface area contributed by atoms with E-state index in [9.17, 15) is 9.18 Å². The van der Waals surface area contributed by atoms with Crippen LogP contribution in [0.2, 0.25) is 0 Å².